The number of nitrogen functional groups attached to an aromatic ring is 1. The molecule has 2 heterocycles. The van der Waals surface area contributed by atoms with Gasteiger partial charge in [0.2, 0.25) is 0 Å². The largest absolute Gasteiger partial charge is 0.497 e. The van der Waals surface area contributed by atoms with E-state index in [1.807, 2.05) is 42.6 Å². The molecule has 0 aliphatic carbocycles. The smallest absolute Gasteiger partial charge is 0.159 e. The Morgan fingerprint density at radius 2 is 1.89 bits per heavy atom. The molecule has 2 N–H and O–H groups in total. The predicted molar refractivity (Wildman–Crippen MR) is 109 cm³/mol. The molecule has 0 saturated heterocycles. The third-order valence-corrected chi connectivity index (χ3v) is 5.07. The molecule has 6 heteroatoms. The Bertz CT molecular complexity index is 973. The van der Waals surface area contributed by atoms with Gasteiger partial charge in [-0.1, -0.05) is 6.07 Å². The first-order valence-electron chi connectivity index (χ1n) is 9.30. The summed E-state index contributed by atoms with van der Waals surface area (Å²) in [5.41, 5.74) is 10.9. The van der Waals surface area contributed by atoms with E-state index in [1.165, 1.54) is 5.56 Å². The number of nitrogens with zero attached hydrogens (tertiary/aromatic N) is 3. The van der Waals surface area contributed by atoms with Crippen LogP contribution in [0.15, 0.2) is 48.7 Å². The molecular formula is C22H24N4O2. The molecule has 0 spiro atoms. The van der Waals surface area contributed by atoms with Gasteiger partial charge in [-0.05, 0) is 30.3 Å². The molecule has 1 aliphatic heterocycles. The van der Waals surface area contributed by atoms with Crippen LogP contribution in [0.1, 0.15) is 16.8 Å². The van der Waals surface area contributed by atoms with Crippen molar-refractivity contribution in [2.75, 3.05) is 26.5 Å². The number of rotatable bonds is 5. The topological polar surface area (TPSA) is 73.5 Å². The molecule has 3 aromatic rings. The van der Waals surface area contributed by atoms with E-state index in [9.17, 15) is 0 Å². The zero-order chi connectivity index (χ0) is 19.5. The van der Waals surface area contributed by atoms with Crippen LogP contribution in [-0.2, 0) is 19.5 Å². The fourth-order valence-corrected chi connectivity index (χ4v) is 3.50. The molecule has 4 rings (SSSR count). The highest BCUT2D eigenvalue weighted by atomic mass is 16.5. The molecule has 0 radical (unpaired) electrons. The number of methoxy groups -OCH3 is 2. The van der Waals surface area contributed by atoms with Gasteiger partial charge in [0.25, 0.3) is 0 Å². The lowest BCUT2D eigenvalue weighted by atomic mass is 10.1. The van der Waals surface area contributed by atoms with E-state index in [0.29, 0.717) is 0 Å². The van der Waals surface area contributed by atoms with E-state index in [1.54, 1.807) is 14.2 Å². The number of hydrogen-bond acceptors (Lipinski definition) is 6. The number of ether oxygens (including phenoxy) is 2. The predicted octanol–water partition coefficient (Wildman–Crippen LogP) is 3.30. The number of benzene rings is 2. The van der Waals surface area contributed by atoms with Crippen LogP contribution < -0.4 is 15.2 Å². The number of fused-ring (bicyclic) bond motifs is 1. The summed E-state index contributed by atoms with van der Waals surface area (Å²) in [6.45, 7) is 2.58. The Morgan fingerprint density at radius 3 is 2.64 bits per heavy atom. The minimum atomic E-state index is 0.742. The van der Waals surface area contributed by atoms with Gasteiger partial charge < -0.3 is 15.2 Å². The van der Waals surface area contributed by atoms with E-state index >= 15 is 0 Å². The number of hydrogen-bond donors (Lipinski definition) is 1. The van der Waals surface area contributed by atoms with Crippen molar-refractivity contribution in [3.63, 3.8) is 0 Å². The van der Waals surface area contributed by atoms with Crippen molar-refractivity contribution in [1.82, 2.24) is 14.9 Å². The van der Waals surface area contributed by atoms with Gasteiger partial charge in [-0.2, -0.15) is 0 Å². The lowest BCUT2D eigenvalue weighted by molar-refractivity contribution is 0.239. The summed E-state index contributed by atoms with van der Waals surface area (Å²) in [6.07, 6.45) is 2.85. The van der Waals surface area contributed by atoms with Crippen molar-refractivity contribution in [2.45, 2.75) is 19.5 Å². The Labute approximate surface area is 164 Å². The van der Waals surface area contributed by atoms with Gasteiger partial charge >= 0.3 is 0 Å². The fourth-order valence-electron chi connectivity index (χ4n) is 3.50. The Morgan fingerprint density at radius 1 is 1.07 bits per heavy atom. The summed E-state index contributed by atoms with van der Waals surface area (Å²) in [6, 6.07) is 13.6. The average Bonchev–Trinajstić information content (AvgIpc) is 2.74. The van der Waals surface area contributed by atoms with Crippen molar-refractivity contribution in [3.05, 3.63) is 65.5 Å². The standard InChI is InChI=1S/C22H24N4O2/c1-27-19-8-5-16(21(11-19)28-2)13-26-10-9-20-17(14-26)12-24-22(25-20)15-3-6-18(23)7-4-15/h3-8,11-12H,9-10,13-14,23H2,1-2H3. The van der Waals surface area contributed by atoms with Gasteiger partial charge in [0.05, 0.1) is 19.9 Å². The molecule has 1 aromatic heterocycles. The average molecular weight is 376 g/mol. The summed E-state index contributed by atoms with van der Waals surface area (Å²) in [5.74, 6) is 2.40. The third kappa shape index (κ3) is 3.77. The molecule has 0 bridgehead atoms. The van der Waals surface area contributed by atoms with Gasteiger partial charge in [-0.15, -0.1) is 0 Å². The van der Waals surface area contributed by atoms with Crippen LogP contribution in [-0.4, -0.2) is 35.6 Å². The zero-order valence-corrected chi connectivity index (χ0v) is 16.2. The van der Waals surface area contributed by atoms with E-state index < -0.39 is 0 Å². The maximum Gasteiger partial charge on any atom is 0.159 e. The van der Waals surface area contributed by atoms with E-state index in [0.717, 1.165) is 65.9 Å². The van der Waals surface area contributed by atoms with Gasteiger partial charge in [-0.3, -0.25) is 4.90 Å². The van der Waals surface area contributed by atoms with E-state index in [4.69, 9.17) is 20.2 Å². The highest BCUT2D eigenvalue weighted by Crippen LogP contribution is 2.28. The van der Waals surface area contributed by atoms with Crippen molar-refractivity contribution in [1.29, 1.82) is 0 Å². The monoisotopic (exact) mass is 376 g/mol. The number of anilines is 1. The summed E-state index contributed by atoms with van der Waals surface area (Å²) in [4.78, 5) is 11.7. The third-order valence-electron chi connectivity index (χ3n) is 5.07. The minimum absolute atomic E-state index is 0.742. The van der Waals surface area contributed by atoms with Gasteiger partial charge in [0.15, 0.2) is 5.82 Å². The van der Waals surface area contributed by atoms with Crippen LogP contribution in [0, 0.1) is 0 Å². The lowest BCUT2D eigenvalue weighted by Crippen LogP contribution is -2.31. The second-order valence-corrected chi connectivity index (χ2v) is 6.93. The molecule has 2 aromatic carbocycles. The SMILES string of the molecule is COc1ccc(CN2CCc3nc(-c4ccc(N)cc4)ncc3C2)c(OC)c1. The fraction of sp³-hybridized carbons (Fsp3) is 0.273. The van der Waals surface area contributed by atoms with Crippen LogP contribution >= 0.6 is 0 Å². The molecule has 0 atom stereocenters. The molecule has 0 amide bonds. The summed E-state index contributed by atoms with van der Waals surface area (Å²) in [5, 5.41) is 0. The first kappa shape index (κ1) is 18.3. The minimum Gasteiger partial charge on any atom is -0.497 e. The molecule has 28 heavy (non-hydrogen) atoms. The quantitative estimate of drug-likeness (QED) is 0.689. The summed E-state index contributed by atoms with van der Waals surface area (Å²) in [7, 11) is 3.35. The van der Waals surface area contributed by atoms with Crippen molar-refractivity contribution >= 4 is 5.69 Å². The van der Waals surface area contributed by atoms with Crippen LogP contribution in [0.3, 0.4) is 0 Å². The Hall–Kier alpha value is -3.12. The van der Waals surface area contributed by atoms with Gasteiger partial charge in [0.1, 0.15) is 11.5 Å². The van der Waals surface area contributed by atoms with Crippen LogP contribution in [0.2, 0.25) is 0 Å². The molecule has 6 nitrogen and oxygen atoms in total. The van der Waals surface area contributed by atoms with E-state index in [-0.39, 0.29) is 0 Å². The van der Waals surface area contributed by atoms with Crippen molar-refractivity contribution in [2.24, 2.45) is 0 Å². The second-order valence-electron chi connectivity index (χ2n) is 6.93. The van der Waals surface area contributed by atoms with Crippen molar-refractivity contribution in [3.8, 4) is 22.9 Å². The molecule has 0 unspecified atom stereocenters. The maximum absolute atomic E-state index is 5.77. The summed E-state index contributed by atoms with van der Waals surface area (Å²) >= 11 is 0. The Balaban J connectivity index is 1.50. The first-order chi connectivity index (χ1) is 13.7. The van der Waals surface area contributed by atoms with Crippen molar-refractivity contribution < 1.29 is 9.47 Å². The van der Waals surface area contributed by atoms with Crippen LogP contribution in [0.25, 0.3) is 11.4 Å². The highest BCUT2D eigenvalue weighted by molar-refractivity contribution is 5.58. The number of aromatic nitrogens is 2. The number of nitrogens with two attached hydrogens (primary N) is 1. The lowest BCUT2D eigenvalue weighted by Gasteiger charge is -2.28. The molecular weight excluding hydrogens is 352 g/mol. The normalized spacial score (nSPS) is 13.8. The highest BCUT2D eigenvalue weighted by Gasteiger charge is 2.20. The zero-order valence-electron chi connectivity index (χ0n) is 16.2. The van der Waals surface area contributed by atoms with Crippen LogP contribution in [0.5, 0.6) is 11.5 Å². The Kier molecular flexibility index (Phi) is 5.12. The maximum atomic E-state index is 5.77. The van der Waals surface area contributed by atoms with E-state index in [2.05, 4.69) is 16.0 Å². The van der Waals surface area contributed by atoms with Gasteiger partial charge in [-0.25, -0.2) is 9.97 Å². The molecule has 0 saturated carbocycles. The van der Waals surface area contributed by atoms with Gasteiger partial charge in [0, 0.05) is 60.7 Å². The molecule has 1 aliphatic rings. The summed E-state index contributed by atoms with van der Waals surface area (Å²) < 4.78 is 10.8. The first-order valence-corrected chi connectivity index (χ1v) is 9.30. The molecule has 0 fully saturated rings. The second kappa shape index (κ2) is 7.86. The molecule has 144 valence electrons. The van der Waals surface area contributed by atoms with Crippen LogP contribution in [0.4, 0.5) is 5.69 Å².